The Kier molecular flexibility index (Phi) is 9.75. The van der Waals surface area contributed by atoms with Crippen LogP contribution in [0.15, 0.2) is 0 Å². The SMILES string of the molecule is CCO[Si](CC)(OCC)OC(C)P(CC)CC. The van der Waals surface area contributed by atoms with Crippen LogP contribution in [0.3, 0.4) is 0 Å². The van der Waals surface area contributed by atoms with E-state index in [2.05, 4.69) is 27.7 Å². The first-order valence-electron chi connectivity index (χ1n) is 6.78. The van der Waals surface area contributed by atoms with Crippen molar-refractivity contribution in [3.05, 3.63) is 0 Å². The van der Waals surface area contributed by atoms with Crippen molar-refractivity contribution in [3.63, 3.8) is 0 Å². The molecule has 0 radical (unpaired) electrons. The van der Waals surface area contributed by atoms with Crippen LogP contribution in [-0.4, -0.2) is 40.2 Å². The second-order valence-electron chi connectivity index (χ2n) is 3.84. The summed E-state index contributed by atoms with van der Waals surface area (Å²) in [5.74, 6) is 0.282. The molecule has 0 aliphatic rings. The van der Waals surface area contributed by atoms with Crippen LogP contribution in [0.5, 0.6) is 0 Å². The van der Waals surface area contributed by atoms with Gasteiger partial charge in [-0.25, -0.2) is 0 Å². The average molecular weight is 280 g/mol. The Morgan fingerprint density at radius 3 is 1.71 bits per heavy atom. The number of rotatable bonds is 10. The summed E-state index contributed by atoms with van der Waals surface area (Å²) in [5.41, 5.74) is 0. The molecule has 0 heterocycles. The number of hydrogen-bond acceptors (Lipinski definition) is 3. The van der Waals surface area contributed by atoms with Gasteiger partial charge in [0.05, 0.1) is 5.85 Å². The predicted molar refractivity (Wildman–Crippen MR) is 78.0 cm³/mol. The molecule has 5 heteroatoms. The lowest BCUT2D eigenvalue weighted by Gasteiger charge is -2.33. The molecule has 0 amide bonds. The van der Waals surface area contributed by atoms with E-state index in [-0.39, 0.29) is 13.8 Å². The zero-order chi connectivity index (χ0) is 13.3. The van der Waals surface area contributed by atoms with Crippen LogP contribution in [0, 0.1) is 0 Å². The lowest BCUT2D eigenvalue weighted by Crippen LogP contribution is -2.47. The van der Waals surface area contributed by atoms with E-state index in [4.69, 9.17) is 13.3 Å². The summed E-state index contributed by atoms with van der Waals surface area (Å²) >= 11 is 0. The predicted octanol–water partition coefficient (Wildman–Crippen LogP) is 3.90. The standard InChI is InChI=1S/C12H29O3PSi/c1-7-13-17(11-5,14-8-2)15-12(6)16(9-3)10-4/h12H,7-11H2,1-6H3. The Morgan fingerprint density at radius 2 is 1.41 bits per heavy atom. The topological polar surface area (TPSA) is 27.7 Å². The molecule has 0 rings (SSSR count). The summed E-state index contributed by atoms with van der Waals surface area (Å²) in [6.07, 6.45) is 2.42. The third-order valence-corrected chi connectivity index (χ3v) is 8.83. The molecule has 0 aliphatic heterocycles. The molecule has 104 valence electrons. The lowest BCUT2D eigenvalue weighted by atomic mass is 10.9. The molecule has 0 bridgehead atoms. The largest absolute Gasteiger partial charge is 0.501 e. The molecule has 0 fully saturated rings. The minimum Gasteiger partial charge on any atom is -0.374 e. The first-order valence-corrected chi connectivity index (χ1v) is 10.5. The molecule has 0 spiro atoms. The molecule has 3 nitrogen and oxygen atoms in total. The van der Waals surface area contributed by atoms with Crippen molar-refractivity contribution in [1.82, 2.24) is 0 Å². The highest BCUT2D eigenvalue weighted by atomic mass is 31.1. The Bertz CT molecular complexity index is 183. The molecule has 0 saturated carbocycles. The second kappa shape index (κ2) is 9.46. The van der Waals surface area contributed by atoms with Gasteiger partial charge < -0.3 is 13.3 Å². The molecule has 0 aromatic carbocycles. The van der Waals surface area contributed by atoms with Gasteiger partial charge in [-0.15, -0.1) is 0 Å². The zero-order valence-corrected chi connectivity index (χ0v) is 14.2. The monoisotopic (exact) mass is 280 g/mol. The van der Waals surface area contributed by atoms with Gasteiger partial charge in [0.2, 0.25) is 0 Å². The van der Waals surface area contributed by atoms with E-state index < -0.39 is 8.80 Å². The van der Waals surface area contributed by atoms with Gasteiger partial charge in [0.1, 0.15) is 0 Å². The van der Waals surface area contributed by atoms with Crippen LogP contribution >= 0.6 is 7.92 Å². The van der Waals surface area contributed by atoms with Gasteiger partial charge in [-0.3, -0.25) is 0 Å². The maximum Gasteiger partial charge on any atom is 0.501 e. The van der Waals surface area contributed by atoms with Crippen molar-refractivity contribution >= 4 is 16.7 Å². The van der Waals surface area contributed by atoms with Gasteiger partial charge in [-0.2, -0.15) is 0 Å². The van der Waals surface area contributed by atoms with Gasteiger partial charge in [0, 0.05) is 19.3 Å². The van der Waals surface area contributed by atoms with Gasteiger partial charge in [-0.05, 0) is 33.1 Å². The zero-order valence-electron chi connectivity index (χ0n) is 12.3. The summed E-state index contributed by atoms with van der Waals surface area (Å²) in [5, 5.41) is 0. The fourth-order valence-electron chi connectivity index (χ4n) is 1.91. The molecule has 0 aliphatic carbocycles. The van der Waals surface area contributed by atoms with Crippen LogP contribution in [0.4, 0.5) is 0 Å². The molecule has 1 atom stereocenters. The van der Waals surface area contributed by atoms with E-state index in [0.717, 1.165) is 6.04 Å². The maximum atomic E-state index is 6.24. The smallest absolute Gasteiger partial charge is 0.374 e. The van der Waals surface area contributed by atoms with Crippen LogP contribution in [0.25, 0.3) is 0 Å². The van der Waals surface area contributed by atoms with E-state index in [1.54, 1.807) is 0 Å². The summed E-state index contributed by atoms with van der Waals surface area (Å²) in [4.78, 5) is 0. The molecular weight excluding hydrogens is 251 g/mol. The molecular formula is C12H29O3PSi. The quantitative estimate of drug-likeness (QED) is 0.448. The molecule has 1 unspecified atom stereocenters. The highest BCUT2D eigenvalue weighted by molar-refractivity contribution is 7.58. The van der Waals surface area contributed by atoms with E-state index in [1.165, 1.54) is 12.3 Å². The summed E-state index contributed by atoms with van der Waals surface area (Å²) in [6.45, 7) is 14.1. The van der Waals surface area contributed by atoms with Gasteiger partial charge in [-0.1, -0.05) is 28.7 Å². The van der Waals surface area contributed by atoms with Crippen molar-refractivity contribution in [3.8, 4) is 0 Å². The first-order chi connectivity index (χ1) is 8.09. The molecule has 0 saturated heterocycles. The van der Waals surface area contributed by atoms with Crippen molar-refractivity contribution < 1.29 is 13.3 Å². The van der Waals surface area contributed by atoms with Crippen LogP contribution in [-0.2, 0) is 13.3 Å². The van der Waals surface area contributed by atoms with Gasteiger partial charge in [0.15, 0.2) is 0 Å². The maximum absolute atomic E-state index is 6.24. The minimum absolute atomic E-state index is 0.0565. The Labute approximate surface area is 109 Å². The lowest BCUT2D eigenvalue weighted by molar-refractivity contribution is 0.0624. The summed E-state index contributed by atoms with van der Waals surface area (Å²) < 4.78 is 17.9. The van der Waals surface area contributed by atoms with Crippen LogP contribution in [0.1, 0.15) is 41.5 Å². The second-order valence-corrected chi connectivity index (χ2v) is 9.90. The van der Waals surface area contributed by atoms with Crippen molar-refractivity contribution in [2.75, 3.05) is 25.5 Å². The third kappa shape index (κ3) is 5.80. The normalized spacial score (nSPS) is 14.3. The highest BCUT2D eigenvalue weighted by Crippen LogP contribution is 2.42. The minimum atomic E-state index is -2.41. The van der Waals surface area contributed by atoms with Crippen molar-refractivity contribution in [2.24, 2.45) is 0 Å². The molecule has 0 aromatic rings. The highest BCUT2D eigenvalue weighted by Gasteiger charge is 2.41. The Balaban J connectivity index is 4.59. The van der Waals surface area contributed by atoms with Crippen LogP contribution < -0.4 is 0 Å². The Morgan fingerprint density at radius 1 is 0.941 bits per heavy atom. The average Bonchev–Trinajstić information content (AvgIpc) is 2.31. The molecule has 0 aromatic heterocycles. The van der Waals surface area contributed by atoms with Crippen molar-refractivity contribution in [2.45, 2.75) is 53.4 Å². The van der Waals surface area contributed by atoms with E-state index >= 15 is 0 Å². The van der Waals surface area contributed by atoms with E-state index in [1.807, 2.05) is 13.8 Å². The fourth-order valence-corrected chi connectivity index (χ4v) is 6.66. The summed E-state index contributed by atoms with van der Waals surface area (Å²) in [7, 11) is -2.47. The van der Waals surface area contributed by atoms with Crippen molar-refractivity contribution in [1.29, 1.82) is 0 Å². The molecule has 17 heavy (non-hydrogen) atoms. The summed E-state index contributed by atoms with van der Waals surface area (Å²) in [6, 6.07) is 0.857. The van der Waals surface area contributed by atoms with Crippen LogP contribution in [0.2, 0.25) is 6.04 Å². The molecule has 0 N–H and O–H groups in total. The first kappa shape index (κ1) is 17.5. The third-order valence-electron chi connectivity index (χ3n) is 2.84. The van der Waals surface area contributed by atoms with Gasteiger partial charge in [0.25, 0.3) is 0 Å². The van der Waals surface area contributed by atoms with E-state index in [0.29, 0.717) is 13.2 Å². The van der Waals surface area contributed by atoms with E-state index in [9.17, 15) is 0 Å². The van der Waals surface area contributed by atoms with Gasteiger partial charge >= 0.3 is 8.80 Å². The number of hydrogen-bond donors (Lipinski definition) is 0. The Hall–Kier alpha value is 0.527. The fraction of sp³-hybridized carbons (Fsp3) is 1.00.